The second kappa shape index (κ2) is 8.14. The summed E-state index contributed by atoms with van der Waals surface area (Å²) in [5, 5.41) is 0.894. The molecule has 154 valence electrons. The van der Waals surface area contributed by atoms with Crippen molar-refractivity contribution in [1.29, 1.82) is 0 Å². The monoisotopic (exact) mass is 449 g/mol. The fourth-order valence-electron chi connectivity index (χ4n) is 3.37. The number of aromatic nitrogens is 1. The predicted molar refractivity (Wildman–Crippen MR) is 117 cm³/mol. The van der Waals surface area contributed by atoms with E-state index in [9.17, 15) is 13.2 Å². The van der Waals surface area contributed by atoms with Crippen molar-refractivity contribution >= 4 is 48.8 Å². The minimum atomic E-state index is -3.43. The molecule has 4 rings (SSSR count). The van der Waals surface area contributed by atoms with Crippen LogP contribution in [0.5, 0.6) is 0 Å². The van der Waals surface area contributed by atoms with Crippen molar-refractivity contribution < 1.29 is 13.2 Å². The van der Waals surface area contributed by atoms with Crippen LogP contribution in [0.15, 0.2) is 40.6 Å². The molecule has 1 aliphatic rings. The number of fused-ring (bicyclic) bond motifs is 1. The molecule has 1 atom stereocenters. The molecule has 1 aliphatic heterocycles. The molecule has 1 saturated heterocycles. The highest BCUT2D eigenvalue weighted by Crippen LogP contribution is 2.31. The van der Waals surface area contributed by atoms with Crippen LogP contribution in [0.25, 0.3) is 10.2 Å². The van der Waals surface area contributed by atoms with Gasteiger partial charge in [-0.25, -0.2) is 13.4 Å². The number of hydrogen-bond acceptors (Lipinski definition) is 6. The van der Waals surface area contributed by atoms with Gasteiger partial charge in [-0.3, -0.25) is 4.79 Å². The van der Waals surface area contributed by atoms with E-state index in [1.165, 1.54) is 15.6 Å². The van der Waals surface area contributed by atoms with Crippen LogP contribution in [0.1, 0.15) is 35.7 Å². The molecule has 0 spiro atoms. The Kier molecular flexibility index (Phi) is 5.74. The van der Waals surface area contributed by atoms with E-state index in [-0.39, 0.29) is 18.4 Å². The Balaban J connectivity index is 1.45. The lowest BCUT2D eigenvalue weighted by Gasteiger charge is -2.23. The van der Waals surface area contributed by atoms with E-state index >= 15 is 0 Å². The minimum Gasteiger partial charge on any atom is -0.336 e. The highest BCUT2D eigenvalue weighted by molar-refractivity contribution is 7.91. The number of benzene rings is 1. The minimum absolute atomic E-state index is 0.0521. The summed E-state index contributed by atoms with van der Waals surface area (Å²) in [6.07, 6.45) is 2.00. The number of thiazole rings is 1. The van der Waals surface area contributed by atoms with Crippen molar-refractivity contribution in [1.82, 2.24) is 14.2 Å². The third-order valence-electron chi connectivity index (χ3n) is 5.26. The molecule has 0 saturated carbocycles. The maximum Gasteiger partial charge on any atom is 0.252 e. The molecular weight excluding hydrogens is 426 g/mol. The fraction of sp³-hybridized carbons (Fsp3) is 0.400. The first-order chi connectivity index (χ1) is 13.9. The van der Waals surface area contributed by atoms with Crippen LogP contribution >= 0.6 is 22.7 Å². The van der Waals surface area contributed by atoms with Crippen LogP contribution in [-0.2, 0) is 21.2 Å². The van der Waals surface area contributed by atoms with Gasteiger partial charge in [0.1, 0.15) is 9.22 Å². The zero-order chi connectivity index (χ0) is 20.6. The first-order valence-corrected chi connectivity index (χ1v) is 12.6. The highest BCUT2D eigenvalue weighted by Gasteiger charge is 2.29. The smallest absolute Gasteiger partial charge is 0.252 e. The number of hydrogen-bond donors (Lipinski definition) is 0. The molecule has 1 fully saturated rings. The van der Waals surface area contributed by atoms with Crippen molar-refractivity contribution in [2.75, 3.05) is 20.1 Å². The molecule has 9 heteroatoms. The largest absolute Gasteiger partial charge is 0.336 e. The molecule has 2 aromatic heterocycles. The van der Waals surface area contributed by atoms with E-state index in [2.05, 4.69) is 4.98 Å². The number of thiophene rings is 1. The number of carbonyl (C=O) groups excluding carboxylic acids is 1. The number of carbonyl (C=O) groups is 1. The number of rotatable bonds is 6. The molecule has 1 aromatic carbocycles. The summed E-state index contributed by atoms with van der Waals surface area (Å²) < 4.78 is 28.3. The lowest BCUT2D eigenvalue weighted by molar-refractivity contribution is -0.131. The van der Waals surface area contributed by atoms with Crippen molar-refractivity contribution in [3.63, 3.8) is 0 Å². The first-order valence-electron chi connectivity index (χ1n) is 9.56. The third-order valence-corrected chi connectivity index (χ3v) is 9.92. The van der Waals surface area contributed by atoms with E-state index in [0.717, 1.165) is 32.9 Å². The van der Waals surface area contributed by atoms with Gasteiger partial charge in [0.25, 0.3) is 10.0 Å². The van der Waals surface area contributed by atoms with Gasteiger partial charge >= 0.3 is 0 Å². The van der Waals surface area contributed by atoms with Crippen LogP contribution in [0.2, 0.25) is 0 Å². The quantitative estimate of drug-likeness (QED) is 0.572. The van der Waals surface area contributed by atoms with Gasteiger partial charge in [0.2, 0.25) is 5.91 Å². The molecule has 3 aromatic rings. The standard InChI is InChI=1S/C20H23N3O3S3/c1-14(20-21-16-7-3-4-8-17(16)28-20)22(2)18(24)13-15-9-10-19(27-15)29(25,26)23-11-5-6-12-23/h3-4,7-10,14H,5-6,11-13H2,1-2H3/t14-/m0/s1. The maximum atomic E-state index is 12.8. The Bertz CT molecular complexity index is 1100. The van der Waals surface area contributed by atoms with Gasteiger partial charge in [-0.2, -0.15) is 4.31 Å². The van der Waals surface area contributed by atoms with Crippen LogP contribution in [0, 0.1) is 0 Å². The summed E-state index contributed by atoms with van der Waals surface area (Å²) in [4.78, 5) is 19.9. The summed E-state index contributed by atoms with van der Waals surface area (Å²) in [5.41, 5.74) is 0.940. The average Bonchev–Trinajstić information content (AvgIpc) is 3.46. The van der Waals surface area contributed by atoms with E-state index in [4.69, 9.17) is 0 Å². The Morgan fingerprint density at radius 1 is 1.17 bits per heavy atom. The summed E-state index contributed by atoms with van der Waals surface area (Å²) in [5.74, 6) is -0.0521. The Labute approximate surface area is 178 Å². The van der Waals surface area contributed by atoms with Gasteiger partial charge in [-0.15, -0.1) is 22.7 Å². The second-order valence-corrected chi connectivity index (χ2v) is 11.6. The van der Waals surface area contributed by atoms with Gasteiger partial charge in [-0.05, 0) is 44.0 Å². The van der Waals surface area contributed by atoms with Crippen molar-refractivity contribution in [2.24, 2.45) is 0 Å². The Morgan fingerprint density at radius 2 is 1.90 bits per heavy atom. The highest BCUT2D eigenvalue weighted by atomic mass is 32.2. The van der Waals surface area contributed by atoms with E-state index < -0.39 is 10.0 Å². The molecule has 0 unspecified atom stereocenters. The van der Waals surface area contributed by atoms with E-state index in [0.29, 0.717) is 17.3 Å². The number of nitrogens with zero attached hydrogens (tertiary/aromatic N) is 3. The van der Waals surface area contributed by atoms with Crippen LogP contribution in [-0.4, -0.2) is 48.7 Å². The summed E-state index contributed by atoms with van der Waals surface area (Å²) in [6.45, 7) is 3.13. The number of sulfonamides is 1. The Hall–Kier alpha value is -1.81. The van der Waals surface area contributed by atoms with Gasteiger partial charge in [0.15, 0.2) is 0 Å². The van der Waals surface area contributed by atoms with Gasteiger partial charge in [0, 0.05) is 25.0 Å². The third kappa shape index (κ3) is 4.09. The van der Waals surface area contributed by atoms with Gasteiger partial charge < -0.3 is 4.90 Å². The Morgan fingerprint density at radius 3 is 2.62 bits per heavy atom. The zero-order valence-electron chi connectivity index (χ0n) is 16.4. The van der Waals surface area contributed by atoms with Crippen LogP contribution in [0.4, 0.5) is 0 Å². The van der Waals surface area contributed by atoms with Crippen molar-refractivity contribution in [2.45, 2.75) is 36.4 Å². The normalized spacial score (nSPS) is 16.3. The molecular formula is C20H23N3O3S3. The predicted octanol–water partition coefficient (Wildman–Crippen LogP) is 3.90. The summed E-state index contributed by atoms with van der Waals surface area (Å²) in [7, 11) is -1.66. The van der Waals surface area contributed by atoms with Crippen LogP contribution in [0.3, 0.4) is 0 Å². The molecule has 3 heterocycles. The number of para-hydroxylation sites is 1. The second-order valence-electron chi connectivity index (χ2n) is 7.21. The summed E-state index contributed by atoms with van der Waals surface area (Å²) >= 11 is 2.79. The van der Waals surface area contributed by atoms with Crippen molar-refractivity contribution in [3.8, 4) is 0 Å². The topological polar surface area (TPSA) is 70.6 Å². The molecule has 29 heavy (non-hydrogen) atoms. The molecule has 6 nitrogen and oxygen atoms in total. The lowest BCUT2D eigenvalue weighted by Crippen LogP contribution is -2.30. The van der Waals surface area contributed by atoms with Crippen molar-refractivity contribution in [3.05, 3.63) is 46.3 Å². The van der Waals surface area contributed by atoms with E-state index in [1.54, 1.807) is 35.4 Å². The molecule has 0 aliphatic carbocycles. The molecule has 0 bridgehead atoms. The molecule has 0 radical (unpaired) electrons. The molecule has 0 N–H and O–H groups in total. The van der Waals surface area contributed by atoms with Gasteiger partial charge in [-0.1, -0.05) is 12.1 Å². The van der Waals surface area contributed by atoms with Gasteiger partial charge in [0.05, 0.1) is 22.7 Å². The maximum absolute atomic E-state index is 12.8. The SMILES string of the molecule is C[C@@H](c1nc2ccccc2s1)N(C)C(=O)Cc1ccc(S(=O)(=O)N2CCCC2)s1. The first kappa shape index (κ1) is 20.5. The molecule has 1 amide bonds. The van der Waals surface area contributed by atoms with Crippen LogP contribution < -0.4 is 0 Å². The lowest BCUT2D eigenvalue weighted by atomic mass is 10.2. The fourth-order valence-corrected chi connectivity index (χ4v) is 7.45. The van der Waals surface area contributed by atoms with E-state index in [1.807, 2.05) is 31.2 Å². The zero-order valence-corrected chi connectivity index (χ0v) is 18.8. The average molecular weight is 450 g/mol. The summed E-state index contributed by atoms with van der Waals surface area (Å²) in [6, 6.07) is 11.2. The number of likely N-dealkylation sites (N-methyl/N-ethyl adjacent to an activating group) is 1. The number of amides is 1.